The fourth-order valence-corrected chi connectivity index (χ4v) is 3.06. The van der Waals surface area contributed by atoms with Crippen molar-refractivity contribution in [2.75, 3.05) is 13.1 Å². The Hall–Kier alpha value is -0.770. The molecule has 1 aromatic carbocycles. The number of β-amino-alcohol motifs (C(OH)–C–C–N with tert-alkyl or cyclic N) is 1. The molecule has 1 aromatic rings. The first kappa shape index (κ1) is 13.2. The first-order chi connectivity index (χ1) is 9.06. The number of benzene rings is 1. The van der Waals surface area contributed by atoms with E-state index in [0.29, 0.717) is 29.6 Å². The van der Waals surface area contributed by atoms with Crippen LogP contribution in [0.15, 0.2) is 18.2 Å². The van der Waals surface area contributed by atoms with E-state index in [-0.39, 0.29) is 23.8 Å². The fourth-order valence-electron chi connectivity index (χ4n) is 2.76. The van der Waals surface area contributed by atoms with Crippen molar-refractivity contribution in [2.45, 2.75) is 24.9 Å². The van der Waals surface area contributed by atoms with Crippen LogP contribution in [0.3, 0.4) is 0 Å². The monoisotopic (exact) mass is 299 g/mol. The van der Waals surface area contributed by atoms with Crippen molar-refractivity contribution < 1.29 is 9.90 Å². The molecule has 1 heterocycles. The van der Waals surface area contributed by atoms with Gasteiger partial charge in [-0.3, -0.25) is 4.79 Å². The van der Waals surface area contributed by atoms with Crippen molar-refractivity contribution in [2.24, 2.45) is 5.92 Å². The van der Waals surface area contributed by atoms with Gasteiger partial charge in [0.2, 0.25) is 5.91 Å². The molecule has 3 rings (SSSR count). The summed E-state index contributed by atoms with van der Waals surface area (Å²) in [4.78, 5) is 14.0. The SMILES string of the molecule is O=C(C1CC1c1ccc(Cl)c(Cl)c1)N1CC[C@@H](O)C1. The third-order valence-electron chi connectivity index (χ3n) is 3.95. The number of aliphatic hydroxyl groups is 1. The van der Waals surface area contributed by atoms with Gasteiger partial charge in [0.05, 0.1) is 16.1 Å². The van der Waals surface area contributed by atoms with Crippen LogP contribution in [-0.4, -0.2) is 35.1 Å². The average molecular weight is 300 g/mol. The van der Waals surface area contributed by atoms with Gasteiger partial charge in [-0.05, 0) is 36.5 Å². The highest BCUT2D eigenvalue weighted by Crippen LogP contribution is 2.49. The van der Waals surface area contributed by atoms with Gasteiger partial charge < -0.3 is 10.0 Å². The van der Waals surface area contributed by atoms with E-state index >= 15 is 0 Å². The molecule has 1 amide bonds. The van der Waals surface area contributed by atoms with Crippen LogP contribution < -0.4 is 0 Å². The number of likely N-dealkylation sites (tertiary alicyclic amines) is 1. The van der Waals surface area contributed by atoms with Gasteiger partial charge in [0.25, 0.3) is 0 Å². The Morgan fingerprint density at radius 1 is 1.32 bits per heavy atom. The Balaban J connectivity index is 1.67. The molecule has 1 N–H and O–H groups in total. The standard InChI is InChI=1S/C14H15Cl2NO2/c15-12-2-1-8(5-13(12)16)10-6-11(10)14(19)17-4-3-9(18)7-17/h1-2,5,9-11,18H,3-4,6-7H2/t9-,10?,11?/m1/s1. The highest BCUT2D eigenvalue weighted by atomic mass is 35.5. The number of aliphatic hydroxyl groups excluding tert-OH is 1. The molecule has 1 aliphatic carbocycles. The Kier molecular flexibility index (Phi) is 3.46. The molecule has 2 aliphatic rings. The molecule has 5 heteroatoms. The smallest absolute Gasteiger partial charge is 0.226 e. The third-order valence-corrected chi connectivity index (χ3v) is 4.69. The number of hydrogen-bond acceptors (Lipinski definition) is 2. The fraction of sp³-hybridized carbons (Fsp3) is 0.500. The number of nitrogens with zero attached hydrogens (tertiary/aromatic N) is 1. The summed E-state index contributed by atoms with van der Waals surface area (Å²) in [5.41, 5.74) is 1.08. The minimum absolute atomic E-state index is 0.0440. The van der Waals surface area contributed by atoms with Crippen molar-refractivity contribution in [3.05, 3.63) is 33.8 Å². The van der Waals surface area contributed by atoms with Gasteiger partial charge in [-0.15, -0.1) is 0 Å². The van der Waals surface area contributed by atoms with E-state index in [1.807, 2.05) is 12.1 Å². The maximum absolute atomic E-state index is 12.2. The Morgan fingerprint density at radius 3 is 2.74 bits per heavy atom. The lowest BCUT2D eigenvalue weighted by molar-refractivity contribution is -0.131. The predicted molar refractivity (Wildman–Crippen MR) is 74.5 cm³/mol. The minimum Gasteiger partial charge on any atom is -0.391 e. The highest BCUT2D eigenvalue weighted by Gasteiger charge is 2.46. The zero-order valence-electron chi connectivity index (χ0n) is 10.4. The molecule has 0 radical (unpaired) electrons. The lowest BCUT2D eigenvalue weighted by Crippen LogP contribution is -2.31. The van der Waals surface area contributed by atoms with E-state index in [1.165, 1.54) is 0 Å². The minimum atomic E-state index is -0.355. The van der Waals surface area contributed by atoms with Crippen LogP contribution >= 0.6 is 23.2 Å². The Bertz CT molecular complexity index is 520. The molecule has 0 aromatic heterocycles. The van der Waals surface area contributed by atoms with Gasteiger partial charge in [-0.25, -0.2) is 0 Å². The molecule has 1 aliphatic heterocycles. The summed E-state index contributed by atoms with van der Waals surface area (Å²) in [5, 5.41) is 10.5. The summed E-state index contributed by atoms with van der Waals surface area (Å²) in [5.74, 6) is 0.454. The summed E-state index contributed by atoms with van der Waals surface area (Å²) in [6.45, 7) is 1.15. The molecular weight excluding hydrogens is 285 g/mol. The van der Waals surface area contributed by atoms with Crippen LogP contribution in [0.4, 0.5) is 0 Å². The van der Waals surface area contributed by atoms with E-state index in [4.69, 9.17) is 23.2 Å². The molecule has 19 heavy (non-hydrogen) atoms. The summed E-state index contributed by atoms with van der Waals surface area (Å²) in [6.07, 6.45) is 1.20. The number of carbonyl (C=O) groups excluding carboxylic acids is 1. The quantitative estimate of drug-likeness (QED) is 0.912. The van der Waals surface area contributed by atoms with Gasteiger partial charge >= 0.3 is 0 Å². The largest absolute Gasteiger partial charge is 0.391 e. The van der Waals surface area contributed by atoms with Crippen LogP contribution in [0, 0.1) is 5.92 Å². The molecule has 0 spiro atoms. The van der Waals surface area contributed by atoms with Crippen molar-refractivity contribution in [1.29, 1.82) is 0 Å². The van der Waals surface area contributed by atoms with Gasteiger partial charge in [0, 0.05) is 19.0 Å². The molecule has 0 bridgehead atoms. The van der Waals surface area contributed by atoms with Crippen molar-refractivity contribution in [3.8, 4) is 0 Å². The maximum Gasteiger partial charge on any atom is 0.226 e. The molecule has 3 nitrogen and oxygen atoms in total. The van der Waals surface area contributed by atoms with E-state index < -0.39 is 0 Å². The third kappa shape index (κ3) is 2.60. The molecule has 1 saturated carbocycles. The van der Waals surface area contributed by atoms with Gasteiger partial charge in [-0.2, -0.15) is 0 Å². The zero-order chi connectivity index (χ0) is 13.6. The number of rotatable bonds is 2. The van der Waals surface area contributed by atoms with E-state index in [9.17, 15) is 9.90 Å². The molecule has 102 valence electrons. The number of amides is 1. The van der Waals surface area contributed by atoms with Gasteiger partial charge in [0.1, 0.15) is 0 Å². The maximum atomic E-state index is 12.2. The zero-order valence-corrected chi connectivity index (χ0v) is 11.9. The molecule has 3 atom stereocenters. The second-order valence-corrected chi connectivity index (χ2v) is 6.16. The number of hydrogen-bond donors (Lipinski definition) is 1. The second-order valence-electron chi connectivity index (χ2n) is 5.35. The van der Waals surface area contributed by atoms with Crippen molar-refractivity contribution in [3.63, 3.8) is 0 Å². The van der Waals surface area contributed by atoms with Crippen molar-refractivity contribution >= 4 is 29.1 Å². The molecule has 2 fully saturated rings. The highest BCUT2D eigenvalue weighted by molar-refractivity contribution is 6.42. The lowest BCUT2D eigenvalue weighted by atomic mass is 10.1. The summed E-state index contributed by atoms with van der Waals surface area (Å²) >= 11 is 11.9. The van der Waals surface area contributed by atoms with E-state index in [1.54, 1.807) is 11.0 Å². The number of carbonyl (C=O) groups is 1. The first-order valence-electron chi connectivity index (χ1n) is 6.48. The average Bonchev–Trinajstić information content (AvgIpc) is 3.07. The normalized spacial score (nSPS) is 29.6. The summed E-state index contributed by atoms with van der Waals surface area (Å²) in [7, 11) is 0. The second kappa shape index (κ2) is 4.97. The van der Waals surface area contributed by atoms with Crippen LogP contribution in [0.5, 0.6) is 0 Å². The number of halogens is 2. The van der Waals surface area contributed by atoms with Crippen LogP contribution in [-0.2, 0) is 4.79 Å². The predicted octanol–water partition coefficient (Wildman–Crippen LogP) is 2.69. The van der Waals surface area contributed by atoms with Crippen LogP contribution in [0.25, 0.3) is 0 Å². The molecule has 2 unspecified atom stereocenters. The Labute approximate surface area is 122 Å². The van der Waals surface area contributed by atoms with E-state index in [2.05, 4.69) is 0 Å². The van der Waals surface area contributed by atoms with Crippen LogP contribution in [0.2, 0.25) is 10.0 Å². The Morgan fingerprint density at radius 2 is 2.11 bits per heavy atom. The molecular formula is C14H15Cl2NO2. The summed E-state index contributed by atoms with van der Waals surface area (Å²) < 4.78 is 0. The van der Waals surface area contributed by atoms with Gasteiger partial charge in [0.15, 0.2) is 0 Å². The summed E-state index contributed by atoms with van der Waals surface area (Å²) in [6, 6.07) is 5.56. The molecule has 1 saturated heterocycles. The van der Waals surface area contributed by atoms with Crippen LogP contribution in [0.1, 0.15) is 24.3 Å². The van der Waals surface area contributed by atoms with Gasteiger partial charge in [-0.1, -0.05) is 29.3 Å². The first-order valence-corrected chi connectivity index (χ1v) is 7.23. The lowest BCUT2D eigenvalue weighted by Gasteiger charge is -2.15. The van der Waals surface area contributed by atoms with Crippen molar-refractivity contribution in [1.82, 2.24) is 4.90 Å². The topological polar surface area (TPSA) is 40.5 Å². The van der Waals surface area contributed by atoms with E-state index in [0.717, 1.165) is 12.0 Å².